The maximum absolute atomic E-state index is 13.1. The summed E-state index contributed by atoms with van der Waals surface area (Å²) in [5.74, 6) is -0.247. The number of rotatable bonds is 43. The standard InChI is InChI=1S/C53H101NO9/c1-3-5-7-9-11-13-15-16-18-22-26-30-34-44(56)47(58)43(39-62-51-50(61)49(60)48(59)45(38-55)63-51)54-46(57)35-31-27-23-19-21-25-29-33-37-53-40-52(41-53,42-53)36-32-28-24-20-17-14-12-10-8-6-4-2/h43-45,47-51,55-56,58-61H,3-42H2,1-2H3,(H,54,57)/t43-,44+,45+,47-,48-,49-,50+,51-,52?,53?/m0/s1. The van der Waals surface area contributed by atoms with E-state index < -0.39 is 55.6 Å². The Bertz CT molecular complexity index is 1100. The molecule has 2 bridgehead atoms. The van der Waals surface area contributed by atoms with Crippen molar-refractivity contribution >= 4 is 5.91 Å². The molecule has 4 rings (SSSR count). The van der Waals surface area contributed by atoms with Gasteiger partial charge in [0.2, 0.25) is 5.91 Å². The number of carbonyl (C=O) groups is 1. The Labute approximate surface area is 385 Å². The Hall–Kier alpha value is -0.850. The number of hydrogen-bond acceptors (Lipinski definition) is 9. The number of amides is 1. The number of ether oxygens (including phenoxy) is 2. The van der Waals surface area contributed by atoms with Gasteiger partial charge in [0, 0.05) is 6.42 Å². The molecular formula is C53H101NO9. The first kappa shape index (κ1) is 56.5. The highest BCUT2D eigenvalue weighted by atomic mass is 16.7. The number of hydrogen-bond donors (Lipinski definition) is 7. The van der Waals surface area contributed by atoms with Crippen LogP contribution in [0.5, 0.6) is 0 Å². The lowest BCUT2D eigenvalue weighted by Crippen LogP contribution is -2.61. The van der Waals surface area contributed by atoms with Crippen LogP contribution in [0.25, 0.3) is 0 Å². The van der Waals surface area contributed by atoms with Gasteiger partial charge in [0.05, 0.1) is 25.4 Å². The topological polar surface area (TPSA) is 169 Å². The first-order chi connectivity index (χ1) is 30.6. The minimum atomic E-state index is -1.60. The Morgan fingerprint density at radius 2 is 0.968 bits per heavy atom. The summed E-state index contributed by atoms with van der Waals surface area (Å²) >= 11 is 0. The van der Waals surface area contributed by atoms with Crippen LogP contribution in [0.1, 0.15) is 258 Å². The lowest BCUT2D eigenvalue weighted by atomic mass is 9.33. The normalized spacial score (nSPS) is 26.8. The molecule has 0 radical (unpaired) electrons. The molecule has 3 aliphatic carbocycles. The van der Waals surface area contributed by atoms with Crippen molar-refractivity contribution in [3.05, 3.63) is 0 Å². The number of carbonyl (C=O) groups excluding carboxylic acids is 1. The predicted octanol–water partition coefficient (Wildman–Crippen LogP) is 10.9. The molecule has 0 spiro atoms. The third kappa shape index (κ3) is 22.2. The Morgan fingerprint density at radius 1 is 0.571 bits per heavy atom. The lowest BCUT2D eigenvalue weighted by molar-refractivity contribution is -0.303. The van der Waals surface area contributed by atoms with E-state index in [1.807, 2.05) is 0 Å². The second-order valence-corrected chi connectivity index (χ2v) is 21.1. The van der Waals surface area contributed by atoms with Gasteiger partial charge in [-0.3, -0.25) is 4.79 Å². The Balaban J connectivity index is 1.23. The highest BCUT2D eigenvalue weighted by molar-refractivity contribution is 5.76. The largest absolute Gasteiger partial charge is 0.394 e. The van der Waals surface area contributed by atoms with E-state index in [-0.39, 0.29) is 12.5 Å². The summed E-state index contributed by atoms with van der Waals surface area (Å²) in [5, 5.41) is 65.4. The quantitative estimate of drug-likeness (QED) is 0.0295. The number of aliphatic hydroxyl groups is 6. The predicted molar refractivity (Wildman–Crippen MR) is 255 cm³/mol. The van der Waals surface area contributed by atoms with Crippen LogP contribution in [0.2, 0.25) is 0 Å². The van der Waals surface area contributed by atoms with Crippen LogP contribution in [-0.2, 0) is 14.3 Å². The fourth-order valence-corrected chi connectivity index (χ4v) is 11.3. The molecule has 0 aromatic heterocycles. The van der Waals surface area contributed by atoms with Gasteiger partial charge in [-0.25, -0.2) is 0 Å². The second kappa shape index (κ2) is 33.6. The van der Waals surface area contributed by atoms with E-state index in [4.69, 9.17) is 9.47 Å². The monoisotopic (exact) mass is 896 g/mol. The van der Waals surface area contributed by atoms with E-state index in [1.165, 1.54) is 193 Å². The molecule has 10 heteroatoms. The second-order valence-electron chi connectivity index (χ2n) is 21.1. The Morgan fingerprint density at radius 3 is 1.40 bits per heavy atom. The van der Waals surface area contributed by atoms with Crippen LogP contribution in [-0.4, -0.2) is 98.7 Å². The van der Waals surface area contributed by atoms with Crippen LogP contribution in [0.3, 0.4) is 0 Å². The molecule has 8 atom stereocenters. The molecule has 1 heterocycles. The molecular weight excluding hydrogens is 795 g/mol. The van der Waals surface area contributed by atoms with E-state index in [0.717, 1.165) is 43.9 Å². The summed E-state index contributed by atoms with van der Waals surface area (Å²) < 4.78 is 11.2. The fourth-order valence-electron chi connectivity index (χ4n) is 11.3. The smallest absolute Gasteiger partial charge is 0.220 e. The molecule has 1 saturated heterocycles. The van der Waals surface area contributed by atoms with Crippen molar-refractivity contribution in [2.75, 3.05) is 13.2 Å². The maximum atomic E-state index is 13.1. The van der Waals surface area contributed by atoms with Gasteiger partial charge in [-0.05, 0) is 55.8 Å². The maximum Gasteiger partial charge on any atom is 0.220 e. The fraction of sp³-hybridized carbons (Fsp3) is 0.981. The summed E-state index contributed by atoms with van der Waals surface area (Å²) in [4.78, 5) is 13.1. The first-order valence-electron chi connectivity index (χ1n) is 27.2. The van der Waals surface area contributed by atoms with Crippen molar-refractivity contribution in [2.24, 2.45) is 10.8 Å². The van der Waals surface area contributed by atoms with Crippen LogP contribution in [0.4, 0.5) is 0 Å². The molecule has 0 aromatic carbocycles. The van der Waals surface area contributed by atoms with Crippen molar-refractivity contribution in [1.29, 1.82) is 0 Å². The minimum absolute atomic E-state index is 0.247. The molecule has 372 valence electrons. The zero-order chi connectivity index (χ0) is 45.6. The number of unbranched alkanes of at least 4 members (excludes halogenated alkanes) is 28. The van der Waals surface area contributed by atoms with Gasteiger partial charge in [0.15, 0.2) is 6.29 Å². The molecule has 63 heavy (non-hydrogen) atoms. The molecule has 3 saturated carbocycles. The summed E-state index contributed by atoms with van der Waals surface area (Å²) in [6.45, 7) is 3.64. The van der Waals surface area contributed by atoms with Crippen LogP contribution < -0.4 is 5.32 Å². The van der Waals surface area contributed by atoms with E-state index in [2.05, 4.69) is 19.2 Å². The third-order valence-corrected chi connectivity index (χ3v) is 15.2. The molecule has 4 fully saturated rings. The SMILES string of the molecule is CCCCCCCCCCCCCC[C@@H](O)[C@@H](O)[C@H](CO[C@H]1O[C@H](CO)[C@H](O)[C@H](O)[C@H]1O)NC(=O)CCCCCCCCCCC12CC(CCCCCCCCCCCCC)(C1)C2. The highest BCUT2D eigenvalue weighted by Gasteiger charge is 2.65. The zero-order valence-electron chi connectivity index (χ0n) is 40.8. The van der Waals surface area contributed by atoms with Crippen LogP contribution in [0.15, 0.2) is 0 Å². The van der Waals surface area contributed by atoms with Crippen molar-refractivity contribution in [1.82, 2.24) is 5.32 Å². The van der Waals surface area contributed by atoms with Crippen molar-refractivity contribution in [2.45, 2.75) is 307 Å². The molecule has 0 unspecified atom stereocenters. The molecule has 7 N–H and O–H groups in total. The average Bonchev–Trinajstić information content (AvgIpc) is 3.25. The summed E-state index contributed by atoms with van der Waals surface area (Å²) in [6, 6.07) is -0.984. The van der Waals surface area contributed by atoms with Gasteiger partial charge in [0.1, 0.15) is 30.5 Å². The van der Waals surface area contributed by atoms with Gasteiger partial charge in [-0.15, -0.1) is 0 Å². The number of aliphatic hydroxyl groups excluding tert-OH is 6. The van der Waals surface area contributed by atoms with Crippen LogP contribution in [0, 0.1) is 10.8 Å². The average molecular weight is 896 g/mol. The lowest BCUT2D eigenvalue weighted by Gasteiger charge is -2.72. The van der Waals surface area contributed by atoms with Gasteiger partial charge >= 0.3 is 0 Å². The minimum Gasteiger partial charge on any atom is -0.394 e. The molecule has 10 nitrogen and oxygen atoms in total. The van der Waals surface area contributed by atoms with Gasteiger partial charge in [-0.2, -0.15) is 0 Å². The number of nitrogens with one attached hydrogen (secondary N) is 1. The van der Waals surface area contributed by atoms with E-state index in [9.17, 15) is 35.4 Å². The van der Waals surface area contributed by atoms with E-state index in [1.54, 1.807) is 0 Å². The van der Waals surface area contributed by atoms with E-state index in [0.29, 0.717) is 18.3 Å². The van der Waals surface area contributed by atoms with Crippen LogP contribution >= 0.6 is 0 Å². The molecule has 0 aromatic rings. The zero-order valence-corrected chi connectivity index (χ0v) is 40.8. The van der Waals surface area contributed by atoms with Gasteiger partial charge in [0.25, 0.3) is 0 Å². The molecule has 4 aliphatic rings. The third-order valence-electron chi connectivity index (χ3n) is 15.2. The molecule has 1 aliphatic heterocycles. The van der Waals surface area contributed by atoms with Gasteiger partial charge in [-0.1, -0.05) is 206 Å². The molecule has 1 amide bonds. The summed E-state index contributed by atoms with van der Waals surface area (Å²) in [6.07, 6.45) is 37.7. The first-order valence-corrected chi connectivity index (χ1v) is 27.2. The summed E-state index contributed by atoms with van der Waals surface area (Å²) in [7, 11) is 0. The van der Waals surface area contributed by atoms with Crippen molar-refractivity contribution < 1.29 is 44.9 Å². The van der Waals surface area contributed by atoms with E-state index >= 15 is 0 Å². The van der Waals surface area contributed by atoms with Crippen molar-refractivity contribution in [3.63, 3.8) is 0 Å². The van der Waals surface area contributed by atoms with Gasteiger partial charge < -0.3 is 45.4 Å². The highest BCUT2D eigenvalue weighted by Crippen LogP contribution is 2.76. The van der Waals surface area contributed by atoms with Crippen molar-refractivity contribution in [3.8, 4) is 0 Å². The summed E-state index contributed by atoms with van der Waals surface area (Å²) in [5.41, 5.74) is 1.45. The Kier molecular flexibility index (Phi) is 30.1.